The van der Waals surface area contributed by atoms with Crippen LogP contribution in [0.2, 0.25) is 0 Å². The molecule has 0 heterocycles. The Bertz CT molecular complexity index is 1120. The maximum atomic E-state index is 13.8. The van der Waals surface area contributed by atoms with Gasteiger partial charge in [-0.25, -0.2) is 0 Å². The summed E-state index contributed by atoms with van der Waals surface area (Å²) in [5.74, 6) is -122. The van der Waals surface area contributed by atoms with Gasteiger partial charge in [-0.15, -0.1) is 0 Å². The second kappa shape index (κ2) is 12.6. The zero-order valence-electron chi connectivity index (χ0n) is 23.2. The van der Waals surface area contributed by atoms with Gasteiger partial charge in [0, 0.05) is 6.42 Å². The van der Waals surface area contributed by atoms with Crippen molar-refractivity contribution in [1.82, 2.24) is 0 Å². The van der Waals surface area contributed by atoms with Gasteiger partial charge in [0.05, 0.1) is 0 Å². The molecular formula is C20H15F29. The van der Waals surface area contributed by atoms with Gasteiger partial charge in [0.25, 0.3) is 0 Å². The van der Waals surface area contributed by atoms with Crippen LogP contribution in [-0.4, -0.2) is 83.2 Å². The van der Waals surface area contributed by atoms with Crippen LogP contribution >= 0.6 is 0 Å². The molecule has 0 aromatic carbocycles. The zero-order chi connectivity index (χ0) is 41.3. The van der Waals surface area contributed by atoms with E-state index in [4.69, 9.17) is 0 Å². The maximum Gasteiger partial charge on any atom is 0.460 e. The van der Waals surface area contributed by atoms with E-state index in [0.29, 0.717) is 13.8 Å². The fourth-order valence-corrected chi connectivity index (χ4v) is 3.02. The van der Waals surface area contributed by atoms with Gasteiger partial charge in [-0.2, -0.15) is 127 Å². The van der Waals surface area contributed by atoms with Crippen molar-refractivity contribution >= 4 is 0 Å². The molecule has 298 valence electrons. The highest BCUT2D eigenvalue weighted by Gasteiger charge is 3.00. The highest BCUT2D eigenvalue weighted by atomic mass is 19.4. The van der Waals surface area contributed by atoms with E-state index in [-0.39, 0.29) is 0 Å². The van der Waals surface area contributed by atoms with Crippen LogP contribution < -0.4 is 0 Å². The summed E-state index contributed by atoms with van der Waals surface area (Å²) in [5.41, 5.74) is 0. The fourth-order valence-electron chi connectivity index (χ4n) is 3.02. The highest BCUT2D eigenvalue weighted by Crippen LogP contribution is 2.69. The number of halogens is 29. The van der Waals surface area contributed by atoms with Crippen molar-refractivity contribution in [2.75, 3.05) is 0 Å². The molecule has 0 bridgehead atoms. The first-order valence-electron chi connectivity index (χ1n) is 11.6. The number of alkyl halides is 29. The molecule has 0 fully saturated rings. The molecule has 0 aromatic rings. The Morgan fingerprint density at radius 3 is 0.551 bits per heavy atom. The lowest BCUT2D eigenvalue weighted by Crippen LogP contribution is -2.79. The lowest BCUT2D eigenvalue weighted by Gasteiger charge is -2.46. The highest BCUT2D eigenvalue weighted by molar-refractivity contribution is 5.21. The Morgan fingerprint density at radius 1 is 0.265 bits per heavy atom. The molecule has 0 rings (SSSR count). The van der Waals surface area contributed by atoms with Crippen molar-refractivity contribution in [3.8, 4) is 0 Å². The molecular weight excluding hydrogens is 791 g/mol. The van der Waals surface area contributed by atoms with Crippen molar-refractivity contribution in [3.63, 3.8) is 0 Å². The summed E-state index contributed by atoms with van der Waals surface area (Å²) in [7, 11) is 0. The zero-order valence-corrected chi connectivity index (χ0v) is 23.2. The Hall–Kier alpha value is -2.03. The Balaban J connectivity index is 0. The number of hydrogen-bond acceptors (Lipinski definition) is 0. The van der Waals surface area contributed by atoms with Gasteiger partial charge in [0.15, 0.2) is 0 Å². The average Bonchev–Trinajstić information content (AvgIpc) is 2.86. The Labute approximate surface area is 251 Å². The molecule has 0 saturated heterocycles. The molecule has 0 spiro atoms. The van der Waals surface area contributed by atoms with Crippen molar-refractivity contribution in [3.05, 3.63) is 0 Å². The minimum atomic E-state index is -9.90. The molecule has 0 unspecified atom stereocenters. The van der Waals surface area contributed by atoms with Crippen LogP contribution in [0, 0.1) is 5.92 Å². The third-order valence-electron chi connectivity index (χ3n) is 5.82. The first-order chi connectivity index (χ1) is 20.7. The van der Waals surface area contributed by atoms with Gasteiger partial charge < -0.3 is 0 Å². The largest absolute Gasteiger partial charge is 0.460 e. The summed E-state index contributed by atoms with van der Waals surface area (Å²) in [4.78, 5) is 0. The molecule has 49 heavy (non-hydrogen) atoms. The molecule has 0 aliphatic rings. The molecule has 0 radical (unpaired) electrons. The van der Waals surface area contributed by atoms with Crippen LogP contribution in [0.15, 0.2) is 0 Å². The monoisotopic (exact) mass is 806 g/mol. The van der Waals surface area contributed by atoms with Crippen LogP contribution in [0.25, 0.3) is 0 Å². The van der Waals surface area contributed by atoms with E-state index < -0.39 is 95.5 Å². The van der Waals surface area contributed by atoms with Crippen molar-refractivity contribution in [2.24, 2.45) is 5.92 Å². The van der Waals surface area contributed by atoms with Gasteiger partial charge in [-0.05, 0) is 5.92 Å². The van der Waals surface area contributed by atoms with Crippen molar-refractivity contribution in [1.29, 1.82) is 0 Å². The number of rotatable bonds is 14. The molecule has 0 aliphatic heterocycles. The van der Waals surface area contributed by atoms with E-state index in [1.54, 1.807) is 0 Å². The molecule has 29 heteroatoms. The molecule has 0 atom stereocenters. The van der Waals surface area contributed by atoms with Crippen LogP contribution in [-0.2, 0) is 0 Å². The number of hydrogen-bond donors (Lipinski definition) is 0. The van der Waals surface area contributed by atoms with Crippen LogP contribution in [0.3, 0.4) is 0 Å². The summed E-state index contributed by atoms with van der Waals surface area (Å²) in [6.45, 7) is 4.73. The lowest BCUT2D eigenvalue weighted by atomic mass is 9.83. The van der Waals surface area contributed by atoms with E-state index in [1.165, 1.54) is 0 Å². The second-order valence-electron chi connectivity index (χ2n) is 9.69. The van der Waals surface area contributed by atoms with Gasteiger partial charge in [0.1, 0.15) is 0 Å². The normalized spacial score (nSPS) is 16.5. The smallest absolute Gasteiger partial charge is 0.200 e. The summed E-state index contributed by atoms with van der Waals surface area (Å²) >= 11 is 0. The topological polar surface area (TPSA) is 0 Å². The minimum absolute atomic E-state index is 0.366. The fraction of sp³-hybridized carbons (Fsp3) is 1.00. The molecule has 0 saturated carbocycles. The molecule has 0 nitrogen and oxygen atoms in total. The third-order valence-corrected chi connectivity index (χ3v) is 5.82. The van der Waals surface area contributed by atoms with Crippen LogP contribution in [0.4, 0.5) is 127 Å². The predicted molar refractivity (Wildman–Crippen MR) is 101 cm³/mol. The first kappa shape index (κ1) is 49.1. The van der Waals surface area contributed by atoms with E-state index in [1.807, 2.05) is 13.8 Å². The predicted octanol–water partition coefficient (Wildman–Crippen LogP) is 11.9. The molecule has 0 aromatic heterocycles. The standard InChI is InChI=1S/C18H9F29.C2H6/c1-4(2)3-5(19,20)6(21,22)7(23,24)8(25,26)9(27,28)10(29,30)11(31,32)12(33,34)13(35,36)14(37,38)15(39,40)16(41,42)17(43,44)18(45,46)47;1-2/h4H,3H2,1-2H3;1-2H3. The van der Waals surface area contributed by atoms with Gasteiger partial charge >= 0.3 is 83.2 Å². The first-order valence-corrected chi connectivity index (χ1v) is 11.6. The van der Waals surface area contributed by atoms with Crippen LogP contribution in [0.1, 0.15) is 34.1 Å². The molecule has 0 N–H and O–H groups in total. The lowest BCUT2D eigenvalue weighted by molar-refractivity contribution is -0.487. The van der Waals surface area contributed by atoms with E-state index in [2.05, 4.69) is 0 Å². The second-order valence-corrected chi connectivity index (χ2v) is 9.69. The van der Waals surface area contributed by atoms with Gasteiger partial charge in [-0.3, -0.25) is 0 Å². The van der Waals surface area contributed by atoms with Gasteiger partial charge in [0.2, 0.25) is 0 Å². The minimum Gasteiger partial charge on any atom is -0.200 e. The quantitative estimate of drug-likeness (QED) is 0.153. The van der Waals surface area contributed by atoms with E-state index in [9.17, 15) is 127 Å². The summed E-state index contributed by atoms with van der Waals surface area (Å²) < 4.78 is 388. The summed E-state index contributed by atoms with van der Waals surface area (Å²) in [6, 6.07) is 0. The van der Waals surface area contributed by atoms with E-state index >= 15 is 0 Å². The summed E-state index contributed by atoms with van der Waals surface area (Å²) in [6.07, 6.45) is -11.1. The summed E-state index contributed by atoms with van der Waals surface area (Å²) in [5, 5.41) is 0. The average molecular weight is 806 g/mol. The SMILES string of the molecule is CC.CC(C)CC(F)(F)C(F)(F)C(F)(F)C(F)(F)C(F)(F)C(F)(F)C(F)(F)C(F)(F)C(F)(F)C(F)(F)C(F)(F)C(F)(F)C(F)(F)C(F)(F)F. The Kier molecular flexibility index (Phi) is 12.6. The maximum absolute atomic E-state index is 13.8. The van der Waals surface area contributed by atoms with Crippen LogP contribution in [0.5, 0.6) is 0 Å². The van der Waals surface area contributed by atoms with E-state index in [0.717, 1.165) is 0 Å². The Morgan fingerprint density at radius 2 is 0.408 bits per heavy atom. The molecule has 0 aliphatic carbocycles. The third kappa shape index (κ3) is 6.18. The van der Waals surface area contributed by atoms with Gasteiger partial charge in [-0.1, -0.05) is 27.7 Å². The van der Waals surface area contributed by atoms with Crippen molar-refractivity contribution < 1.29 is 127 Å². The van der Waals surface area contributed by atoms with Crippen molar-refractivity contribution in [2.45, 2.75) is 117 Å². The molecule has 0 amide bonds.